The Labute approximate surface area is 86.0 Å². The summed E-state index contributed by atoms with van der Waals surface area (Å²) in [5, 5.41) is 0. The van der Waals surface area contributed by atoms with Gasteiger partial charge in [0.25, 0.3) is 0 Å². The van der Waals surface area contributed by atoms with Crippen molar-refractivity contribution in [2.45, 2.75) is 53.1 Å². The first-order valence-corrected chi connectivity index (χ1v) is 5.53. The second-order valence-corrected chi connectivity index (χ2v) is 5.90. The van der Waals surface area contributed by atoms with Crippen molar-refractivity contribution in [3.8, 4) is 0 Å². The smallest absolute Gasteiger partial charge is 0.302 e. The molecule has 2 bridgehead atoms. The molecule has 0 amide bonds. The molecular formula is C12H20O2. The van der Waals surface area contributed by atoms with Crippen LogP contribution in [-0.4, -0.2) is 12.1 Å². The number of ether oxygens (including phenoxy) is 1. The lowest BCUT2D eigenvalue weighted by atomic mass is 9.70. The van der Waals surface area contributed by atoms with Gasteiger partial charge in [0, 0.05) is 17.8 Å². The monoisotopic (exact) mass is 196 g/mol. The molecule has 2 saturated carbocycles. The van der Waals surface area contributed by atoms with Gasteiger partial charge in [-0.1, -0.05) is 20.8 Å². The summed E-state index contributed by atoms with van der Waals surface area (Å²) < 4.78 is 5.52. The first-order chi connectivity index (χ1) is 6.36. The van der Waals surface area contributed by atoms with Crippen LogP contribution in [0.15, 0.2) is 0 Å². The molecule has 0 aromatic carbocycles. The lowest BCUT2D eigenvalue weighted by Crippen LogP contribution is -2.43. The van der Waals surface area contributed by atoms with E-state index in [1.54, 1.807) is 0 Å². The van der Waals surface area contributed by atoms with Crippen LogP contribution in [-0.2, 0) is 9.53 Å². The van der Waals surface area contributed by atoms with E-state index >= 15 is 0 Å². The van der Waals surface area contributed by atoms with Crippen LogP contribution in [0.2, 0.25) is 0 Å². The molecule has 0 aromatic heterocycles. The molecule has 3 atom stereocenters. The summed E-state index contributed by atoms with van der Waals surface area (Å²) in [6.07, 6.45) is 3.89. The van der Waals surface area contributed by atoms with Crippen LogP contribution < -0.4 is 0 Å². The van der Waals surface area contributed by atoms with Crippen LogP contribution in [0, 0.1) is 16.7 Å². The molecule has 2 heteroatoms. The average Bonchev–Trinajstić information content (AvgIpc) is 2.49. The Morgan fingerprint density at radius 3 is 2.43 bits per heavy atom. The minimum Gasteiger partial charge on any atom is -0.461 e. The van der Waals surface area contributed by atoms with E-state index in [1.165, 1.54) is 26.2 Å². The number of esters is 1. The third-order valence-electron chi connectivity index (χ3n) is 4.42. The van der Waals surface area contributed by atoms with Gasteiger partial charge in [-0.3, -0.25) is 4.79 Å². The molecule has 2 aliphatic rings. The minimum atomic E-state index is -0.128. The highest BCUT2D eigenvalue weighted by Crippen LogP contribution is 2.63. The highest BCUT2D eigenvalue weighted by atomic mass is 16.5. The number of carbonyl (C=O) groups excluding carboxylic acids is 1. The molecule has 0 aliphatic heterocycles. The van der Waals surface area contributed by atoms with Crippen molar-refractivity contribution < 1.29 is 9.53 Å². The third-order valence-corrected chi connectivity index (χ3v) is 4.42. The van der Waals surface area contributed by atoms with E-state index in [2.05, 4.69) is 20.8 Å². The van der Waals surface area contributed by atoms with E-state index in [0.717, 1.165) is 5.92 Å². The van der Waals surface area contributed by atoms with Gasteiger partial charge in [0.05, 0.1) is 0 Å². The Kier molecular flexibility index (Phi) is 1.96. The van der Waals surface area contributed by atoms with E-state index < -0.39 is 0 Å². The first-order valence-electron chi connectivity index (χ1n) is 5.53. The van der Waals surface area contributed by atoms with E-state index in [0.29, 0.717) is 0 Å². The Balaban J connectivity index is 2.25. The van der Waals surface area contributed by atoms with Crippen LogP contribution in [0.3, 0.4) is 0 Å². The van der Waals surface area contributed by atoms with Crippen molar-refractivity contribution in [2.24, 2.45) is 16.7 Å². The van der Waals surface area contributed by atoms with Gasteiger partial charge in [-0.15, -0.1) is 0 Å². The van der Waals surface area contributed by atoms with Crippen molar-refractivity contribution in [3.05, 3.63) is 0 Å². The zero-order chi connectivity index (χ0) is 10.6. The predicted molar refractivity (Wildman–Crippen MR) is 54.8 cm³/mol. The fraction of sp³-hybridized carbons (Fsp3) is 0.917. The Morgan fingerprint density at radius 1 is 1.36 bits per heavy atom. The van der Waals surface area contributed by atoms with E-state index in [-0.39, 0.29) is 22.9 Å². The van der Waals surface area contributed by atoms with Gasteiger partial charge in [-0.2, -0.15) is 0 Å². The van der Waals surface area contributed by atoms with E-state index in [9.17, 15) is 4.79 Å². The van der Waals surface area contributed by atoms with Crippen molar-refractivity contribution in [1.29, 1.82) is 0 Å². The molecule has 2 unspecified atom stereocenters. The van der Waals surface area contributed by atoms with Crippen molar-refractivity contribution in [1.82, 2.24) is 0 Å². The zero-order valence-electron chi connectivity index (χ0n) is 9.59. The molecular weight excluding hydrogens is 176 g/mol. The Morgan fingerprint density at radius 2 is 2.00 bits per heavy atom. The molecule has 2 rings (SSSR count). The standard InChI is InChI=1S/C12H20O2/c1-8(13)14-10-11(2,3)9-5-6-12(10,4)7-9/h9-10H,5-7H2,1-4H3/t9?,10?,12-/m0/s1. The second-order valence-electron chi connectivity index (χ2n) is 5.90. The summed E-state index contributed by atoms with van der Waals surface area (Å²) in [5.41, 5.74) is 0.429. The molecule has 14 heavy (non-hydrogen) atoms. The van der Waals surface area contributed by atoms with Crippen LogP contribution in [0.25, 0.3) is 0 Å². The fourth-order valence-corrected chi connectivity index (χ4v) is 3.72. The first kappa shape index (κ1) is 10.0. The van der Waals surface area contributed by atoms with Gasteiger partial charge in [-0.25, -0.2) is 0 Å². The lowest BCUT2D eigenvalue weighted by molar-refractivity contribution is -0.161. The average molecular weight is 196 g/mol. The highest BCUT2D eigenvalue weighted by Gasteiger charge is 2.61. The van der Waals surface area contributed by atoms with Gasteiger partial charge in [0.2, 0.25) is 0 Å². The molecule has 0 N–H and O–H groups in total. The SMILES string of the molecule is CC(=O)OC1C(C)(C)C2CC[C@@]1(C)C2. The molecule has 0 radical (unpaired) electrons. The minimum absolute atomic E-state index is 0.128. The third kappa shape index (κ3) is 1.19. The summed E-state index contributed by atoms with van der Waals surface area (Å²) in [4.78, 5) is 11.1. The Bertz CT molecular complexity index is 265. The van der Waals surface area contributed by atoms with Crippen LogP contribution in [0.1, 0.15) is 47.0 Å². The van der Waals surface area contributed by atoms with Crippen LogP contribution in [0.5, 0.6) is 0 Å². The van der Waals surface area contributed by atoms with Gasteiger partial charge >= 0.3 is 5.97 Å². The van der Waals surface area contributed by atoms with Crippen molar-refractivity contribution in [3.63, 3.8) is 0 Å². The summed E-state index contributed by atoms with van der Waals surface area (Å²) in [6.45, 7) is 8.28. The van der Waals surface area contributed by atoms with Gasteiger partial charge in [0.1, 0.15) is 6.10 Å². The molecule has 2 nitrogen and oxygen atoms in total. The maximum Gasteiger partial charge on any atom is 0.302 e. The predicted octanol–water partition coefficient (Wildman–Crippen LogP) is 2.76. The topological polar surface area (TPSA) is 26.3 Å². The van der Waals surface area contributed by atoms with Crippen molar-refractivity contribution >= 4 is 5.97 Å². The largest absolute Gasteiger partial charge is 0.461 e. The van der Waals surface area contributed by atoms with Gasteiger partial charge in [-0.05, 0) is 25.2 Å². The number of carbonyl (C=O) groups is 1. The van der Waals surface area contributed by atoms with Crippen LogP contribution >= 0.6 is 0 Å². The quantitative estimate of drug-likeness (QED) is 0.603. The number of fused-ring (bicyclic) bond motifs is 2. The molecule has 2 aliphatic carbocycles. The number of hydrogen-bond donors (Lipinski definition) is 0. The molecule has 80 valence electrons. The summed E-state index contributed by atoms with van der Waals surface area (Å²) >= 11 is 0. The van der Waals surface area contributed by atoms with Gasteiger partial charge in [0.15, 0.2) is 0 Å². The molecule has 0 spiro atoms. The van der Waals surface area contributed by atoms with Crippen molar-refractivity contribution in [2.75, 3.05) is 0 Å². The summed E-state index contributed by atoms with van der Waals surface area (Å²) in [5.74, 6) is 0.619. The van der Waals surface area contributed by atoms with E-state index in [4.69, 9.17) is 4.74 Å². The fourth-order valence-electron chi connectivity index (χ4n) is 3.72. The maximum absolute atomic E-state index is 11.1. The molecule has 2 fully saturated rings. The van der Waals surface area contributed by atoms with Gasteiger partial charge < -0.3 is 4.74 Å². The number of rotatable bonds is 1. The zero-order valence-corrected chi connectivity index (χ0v) is 9.59. The normalized spacial score (nSPS) is 44.0. The molecule has 0 aromatic rings. The molecule has 0 saturated heterocycles. The Hall–Kier alpha value is -0.530. The highest BCUT2D eigenvalue weighted by molar-refractivity contribution is 5.66. The van der Waals surface area contributed by atoms with Crippen LogP contribution in [0.4, 0.5) is 0 Å². The lowest BCUT2D eigenvalue weighted by Gasteiger charge is -2.41. The van der Waals surface area contributed by atoms with E-state index in [1.807, 2.05) is 0 Å². The maximum atomic E-state index is 11.1. The number of hydrogen-bond acceptors (Lipinski definition) is 2. The molecule has 0 heterocycles. The summed E-state index contributed by atoms with van der Waals surface area (Å²) in [6, 6.07) is 0. The second kappa shape index (κ2) is 2.74. The summed E-state index contributed by atoms with van der Waals surface area (Å²) in [7, 11) is 0.